The Morgan fingerprint density at radius 2 is 2.32 bits per heavy atom. The van der Waals surface area contributed by atoms with E-state index in [4.69, 9.17) is 14.4 Å². The van der Waals surface area contributed by atoms with Crippen LogP contribution in [-0.2, 0) is 14.4 Å². The van der Waals surface area contributed by atoms with E-state index in [0.717, 1.165) is 11.8 Å². The van der Waals surface area contributed by atoms with Crippen molar-refractivity contribution in [3.63, 3.8) is 0 Å². The third-order valence-electron chi connectivity index (χ3n) is 2.54. The molecule has 0 N–H and O–H groups in total. The number of ether oxygens (including phenoxy) is 1. The first kappa shape index (κ1) is 13.1. The van der Waals surface area contributed by atoms with Gasteiger partial charge in [0, 0.05) is 11.1 Å². The fourth-order valence-electron chi connectivity index (χ4n) is 1.71. The van der Waals surface area contributed by atoms with Crippen LogP contribution in [0.25, 0.3) is 0 Å². The Morgan fingerprint density at radius 1 is 1.47 bits per heavy atom. The number of nitrogens with zero attached hydrogens (tertiary/aromatic N) is 2. The molecule has 0 aromatic heterocycles. The number of oxime groups is 2. The van der Waals surface area contributed by atoms with Crippen LogP contribution in [0.15, 0.2) is 28.5 Å². The van der Waals surface area contributed by atoms with Crippen LogP contribution in [0.2, 0.25) is 0 Å². The summed E-state index contributed by atoms with van der Waals surface area (Å²) < 4.78 is 5.38. The molecule has 0 saturated carbocycles. The van der Waals surface area contributed by atoms with Crippen LogP contribution in [-0.4, -0.2) is 38.2 Å². The molecule has 0 unspecified atom stereocenters. The fourth-order valence-corrected chi connectivity index (χ4v) is 1.71. The van der Waals surface area contributed by atoms with Crippen molar-refractivity contribution in [2.24, 2.45) is 10.3 Å². The number of aldehydes is 1. The third kappa shape index (κ3) is 2.90. The Morgan fingerprint density at radius 3 is 2.95 bits per heavy atom. The minimum absolute atomic E-state index is 0.208. The molecule has 0 bridgehead atoms. The van der Waals surface area contributed by atoms with Gasteiger partial charge in [0.1, 0.15) is 13.7 Å². The lowest BCUT2D eigenvalue weighted by Gasteiger charge is -2.15. The number of hydrogen-bond donors (Lipinski definition) is 0. The number of hydrogen-bond acceptors (Lipinski definition) is 6. The van der Waals surface area contributed by atoms with E-state index in [9.17, 15) is 4.79 Å². The quantitative estimate of drug-likeness (QED) is 0.468. The summed E-state index contributed by atoms with van der Waals surface area (Å²) >= 11 is 0. The first-order valence-corrected chi connectivity index (χ1v) is 5.76. The van der Waals surface area contributed by atoms with Gasteiger partial charge < -0.3 is 14.4 Å². The molecule has 19 heavy (non-hydrogen) atoms. The standard InChI is InChI=1S/C13H14N2O4/c1-9-3-4-11(10(7-9)8-16)12(14-17-2)13-15-19-6-5-18-13/h3-4,7-8H,5-6H2,1-2H3/b14-12+. The molecule has 0 atom stereocenters. The number of carbonyl (C=O) groups excluding carboxylic acids is 1. The summed E-state index contributed by atoms with van der Waals surface area (Å²) in [4.78, 5) is 20.9. The molecular formula is C13H14N2O4. The molecule has 1 aromatic rings. The summed E-state index contributed by atoms with van der Waals surface area (Å²) in [6.07, 6.45) is 0.762. The Kier molecular flexibility index (Phi) is 4.12. The molecular weight excluding hydrogens is 248 g/mol. The minimum Gasteiger partial charge on any atom is -0.470 e. The van der Waals surface area contributed by atoms with Gasteiger partial charge in [-0.3, -0.25) is 4.79 Å². The molecule has 100 valence electrons. The van der Waals surface area contributed by atoms with E-state index in [0.29, 0.717) is 30.1 Å². The van der Waals surface area contributed by atoms with Crippen molar-refractivity contribution in [2.75, 3.05) is 20.3 Å². The van der Waals surface area contributed by atoms with E-state index >= 15 is 0 Å². The molecule has 0 radical (unpaired) electrons. The number of benzene rings is 1. The molecule has 6 nitrogen and oxygen atoms in total. The molecule has 1 aromatic carbocycles. The smallest absolute Gasteiger partial charge is 0.280 e. The molecule has 0 saturated heterocycles. The van der Waals surface area contributed by atoms with Crippen LogP contribution < -0.4 is 0 Å². The number of carbonyl (C=O) groups is 1. The maximum absolute atomic E-state index is 11.2. The van der Waals surface area contributed by atoms with Crippen molar-refractivity contribution in [3.8, 4) is 0 Å². The molecule has 2 rings (SSSR count). The van der Waals surface area contributed by atoms with Gasteiger partial charge in [-0.2, -0.15) is 0 Å². The Bertz CT molecular complexity index is 537. The maximum Gasteiger partial charge on any atom is 0.280 e. The zero-order valence-electron chi connectivity index (χ0n) is 10.8. The van der Waals surface area contributed by atoms with E-state index in [2.05, 4.69) is 10.3 Å². The van der Waals surface area contributed by atoms with E-state index in [1.165, 1.54) is 7.11 Å². The van der Waals surface area contributed by atoms with Gasteiger partial charge in [-0.15, -0.1) is 0 Å². The van der Waals surface area contributed by atoms with Crippen LogP contribution in [0.1, 0.15) is 21.5 Å². The highest BCUT2D eigenvalue weighted by atomic mass is 16.7. The van der Waals surface area contributed by atoms with E-state index in [1.807, 2.05) is 13.0 Å². The molecule has 1 aliphatic rings. The first-order chi connectivity index (χ1) is 9.26. The largest absolute Gasteiger partial charge is 0.470 e. The summed E-state index contributed by atoms with van der Waals surface area (Å²) in [5.74, 6) is 0.208. The van der Waals surface area contributed by atoms with Crippen molar-refractivity contribution in [3.05, 3.63) is 34.9 Å². The van der Waals surface area contributed by atoms with Gasteiger partial charge >= 0.3 is 0 Å². The summed E-state index contributed by atoms with van der Waals surface area (Å²) in [6, 6.07) is 5.41. The van der Waals surface area contributed by atoms with Gasteiger partial charge in [0.25, 0.3) is 5.90 Å². The Hall–Kier alpha value is -2.37. The third-order valence-corrected chi connectivity index (χ3v) is 2.54. The van der Waals surface area contributed by atoms with E-state index in [1.54, 1.807) is 12.1 Å². The first-order valence-electron chi connectivity index (χ1n) is 5.76. The highest BCUT2D eigenvalue weighted by molar-refractivity contribution is 6.46. The lowest BCUT2D eigenvalue weighted by Crippen LogP contribution is -2.26. The van der Waals surface area contributed by atoms with Crippen LogP contribution in [0.4, 0.5) is 0 Å². The lowest BCUT2D eigenvalue weighted by molar-refractivity contribution is 0.0672. The zero-order valence-corrected chi connectivity index (χ0v) is 10.8. The van der Waals surface area contributed by atoms with Crippen molar-refractivity contribution in [1.29, 1.82) is 0 Å². The molecule has 0 aliphatic carbocycles. The van der Waals surface area contributed by atoms with Gasteiger partial charge in [-0.05, 0) is 18.1 Å². The molecule has 0 fully saturated rings. The molecule has 0 spiro atoms. The van der Waals surface area contributed by atoms with E-state index < -0.39 is 0 Å². The monoisotopic (exact) mass is 262 g/mol. The molecule has 1 aliphatic heterocycles. The second kappa shape index (κ2) is 5.99. The summed E-state index contributed by atoms with van der Waals surface area (Å²) in [5.41, 5.74) is 2.40. The van der Waals surface area contributed by atoms with Gasteiger partial charge in [0.2, 0.25) is 0 Å². The van der Waals surface area contributed by atoms with Crippen LogP contribution in [0.5, 0.6) is 0 Å². The highest BCUT2D eigenvalue weighted by Crippen LogP contribution is 2.14. The highest BCUT2D eigenvalue weighted by Gasteiger charge is 2.21. The van der Waals surface area contributed by atoms with Crippen molar-refractivity contribution in [1.82, 2.24) is 0 Å². The Labute approximate surface area is 110 Å². The SMILES string of the molecule is CO/N=C(/C1=NOCCO1)c1ccc(C)cc1C=O. The second-order valence-corrected chi connectivity index (χ2v) is 3.91. The second-order valence-electron chi connectivity index (χ2n) is 3.91. The average molecular weight is 262 g/mol. The van der Waals surface area contributed by atoms with Gasteiger partial charge in [0.15, 0.2) is 18.6 Å². The summed E-state index contributed by atoms with van der Waals surface area (Å²) in [7, 11) is 1.42. The number of rotatable bonds is 4. The van der Waals surface area contributed by atoms with Crippen molar-refractivity contribution >= 4 is 17.9 Å². The van der Waals surface area contributed by atoms with Gasteiger partial charge in [-0.25, -0.2) is 0 Å². The number of aryl methyl sites for hydroxylation is 1. The van der Waals surface area contributed by atoms with E-state index in [-0.39, 0.29) is 5.90 Å². The topological polar surface area (TPSA) is 69.5 Å². The van der Waals surface area contributed by atoms with Gasteiger partial charge in [-0.1, -0.05) is 22.9 Å². The molecule has 1 heterocycles. The zero-order chi connectivity index (χ0) is 13.7. The minimum atomic E-state index is 0.208. The maximum atomic E-state index is 11.2. The Balaban J connectivity index is 2.48. The fraction of sp³-hybridized carbons (Fsp3) is 0.308. The average Bonchev–Trinajstić information content (AvgIpc) is 2.46. The van der Waals surface area contributed by atoms with Crippen LogP contribution in [0.3, 0.4) is 0 Å². The predicted octanol–water partition coefficient (Wildman–Crippen LogP) is 1.52. The molecule has 0 amide bonds. The van der Waals surface area contributed by atoms with Gasteiger partial charge in [0.05, 0.1) is 0 Å². The summed E-state index contributed by atoms with van der Waals surface area (Å²) in [6.45, 7) is 2.67. The van der Waals surface area contributed by atoms with Crippen LogP contribution in [0, 0.1) is 6.92 Å². The lowest BCUT2D eigenvalue weighted by atomic mass is 10.0. The molecule has 6 heteroatoms. The predicted molar refractivity (Wildman–Crippen MR) is 69.5 cm³/mol. The van der Waals surface area contributed by atoms with Crippen molar-refractivity contribution < 1.29 is 19.2 Å². The van der Waals surface area contributed by atoms with Crippen molar-refractivity contribution in [2.45, 2.75) is 6.92 Å². The summed E-state index contributed by atoms with van der Waals surface area (Å²) in [5, 5.41) is 7.67. The normalized spacial score (nSPS) is 15.1. The van der Waals surface area contributed by atoms with Crippen LogP contribution >= 0.6 is 0 Å².